The van der Waals surface area contributed by atoms with Crippen LogP contribution in [0.4, 0.5) is 5.69 Å². The molecule has 0 bridgehead atoms. The number of furan rings is 1. The number of para-hydroxylation sites is 1. The highest BCUT2D eigenvalue weighted by molar-refractivity contribution is 5.88. The van der Waals surface area contributed by atoms with Crippen molar-refractivity contribution in [3.63, 3.8) is 0 Å². The fourth-order valence-corrected chi connectivity index (χ4v) is 1.28. The molecule has 17 heavy (non-hydrogen) atoms. The maximum Gasteiger partial charge on any atom is 0.373 e. The van der Waals surface area contributed by atoms with Gasteiger partial charge in [-0.05, 0) is 24.3 Å². The Kier molecular flexibility index (Phi) is 3.35. The Hall–Kier alpha value is -2.36. The van der Waals surface area contributed by atoms with Crippen LogP contribution < -0.4 is 0 Å². The van der Waals surface area contributed by atoms with Crippen LogP contribution >= 0.6 is 0 Å². The molecule has 1 heterocycles. The number of rotatable bonds is 3. The van der Waals surface area contributed by atoms with E-state index in [1.165, 1.54) is 7.11 Å². The molecule has 0 saturated heterocycles. The van der Waals surface area contributed by atoms with Crippen molar-refractivity contribution in [2.75, 3.05) is 7.11 Å². The van der Waals surface area contributed by atoms with E-state index in [0.717, 1.165) is 5.69 Å². The van der Waals surface area contributed by atoms with Gasteiger partial charge in [-0.1, -0.05) is 18.2 Å². The first-order chi connectivity index (χ1) is 8.29. The Balaban J connectivity index is 2.12. The van der Waals surface area contributed by atoms with Gasteiger partial charge in [-0.2, -0.15) is 0 Å². The molecule has 0 spiro atoms. The van der Waals surface area contributed by atoms with Gasteiger partial charge in [-0.3, -0.25) is 4.99 Å². The number of ether oxygens (including phenoxy) is 1. The van der Waals surface area contributed by atoms with E-state index in [0.29, 0.717) is 5.76 Å². The molecule has 4 heteroatoms. The normalized spacial score (nSPS) is 10.6. The van der Waals surface area contributed by atoms with Crippen LogP contribution in [0.1, 0.15) is 16.3 Å². The average molecular weight is 229 g/mol. The lowest BCUT2D eigenvalue weighted by atomic mass is 10.3. The quantitative estimate of drug-likeness (QED) is 0.600. The van der Waals surface area contributed by atoms with Crippen molar-refractivity contribution in [2.45, 2.75) is 0 Å². The van der Waals surface area contributed by atoms with Crippen molar-refractivity contribution in [1.82, 2.24) is 0 Å². The molecule has 0 unspecified atom stereocenters. The molecule has 0 atom stereocenters. The average Bonchev–Trinajstić information content (AvgIpc) is 2.85. The molecule has 1 aromatic heterocycles. The summed E-state index contributed by atoms with van der Waals surface area (Å²) >= 11 is 0. The summed E-state index contributed by atoms with van der Waals surface area (Å²) in [4.78, 5) is 15.3. The molecule has 0 amide bonds. The number of aliphatic imine (C=N–C) groups is 1. The van der Waals surface area contributed by atoms with Crippen LogP contribution in [-0.4, -0.2) is 19.3 Å². The zero-order chi connectivity index (χ0) is 12.1. The minimum absolute atomic E-state index is 0.169. The zero-order valence-corrected chi connectivity index (χ0v) is 9.29. The minimum Gasteiger partial charge on any atom is -0.463 e. The van der Waals surface area contributed by atoms with Crippen LogP contribution in [0.5, 0.6) is 0 Å². The van der Waals surface area contributed by atoms with Gasteiger partial charge in [-0.15, -0.1) is 0 Å². The molecular formula is C13H11NO3. The second-order valence-corrected chi connectivity index (χ2v) is 3.29. The number of nitrogens with zero attached hydrogens (tertiary/aromatic N) is 1. The first kappa shape index (κ1) is 11.1. The van der Waals surface area contributed by atoms with Crippen molar-refractivity contribution in [1.29, 1.82) is 0 Å². The van der Waals surface area contributed by atoms with E-state index in [1.54, 1.807) is 18.3 Å². The van der Waals surface area contributed by atoms with E-state index in [9.17, 15) is 4.79 Å². The highest BCUT2D eigenvalue weighted by atomic mass is 16.5. The predicted molar refractivity (Wildman–Crippen MR) is 63.7 cm³/mol. The van der Waals surface area contributed by atoms with Crippen LogP contribution in [0.15, 0.2) is 51.9 Å². The van der Waals surface area contributed by atoms with Crippen LogP contribution in [0.3, 0.4) is 0 Å². The molecule has 2 aromatic rings. The first-order valence-corrected chi connectivity index (χ1v) is 5.07. The number of carbonyl (C=O) groups excluding carboxylic acids is 1. The van der Waals surface area contributed by atoms with Crippen molar-refractivity contribution in [2.24, 2.45) is 4.99 Å². The van der Waals surface area contributed by atoms with Gasteiger partial charge < -0.3 is 9.15 Å². The molecule has 0 radical (unpaired) electrons. The summed E-state index contributed by atoms with van der Waals surface area (Å²) < 4.78 is 9.77. The Morgan fingerprint density at radius 2 is 2.00 bits per heavy atom. The SMILES string of the molecule is COC(=O)c1ccc(C=Nc2ccccc2)o1. The Morgan fingerprint density at radius 1 is 1.24 bits per heavy atom. The molecule has 2 rings (SSSR count). The smallest absolute Gasteiger partial charge is 0.373 e. The first-order valence-electron chi connectivity index (χ1n) is 5.07. The fraction of sp³-hybridized carbons (Fsp3) is 0.0769. The van der Waals surface area contributed by atoms with Gasteiger partial charge in [0.2, 0.25) is 5.76 Å². The lowest BCUT2D eigenvalue weighted by molar-refractivity contribution is 0.0565. The maximum absolute atomic E-state index is 11.1. The molecule has 0 saturated carbocycles. The summed E-state index contributed by atoms with van der Waals surface area (Å²) in [6.07, 6.45) is 1.56. The second-order valence-electron chi connectivity index (χ2n) is 3.29. The molecule has 0 N–H and O–H groups in total. The monoisotopic (exact) mass is 229 g/mol. The van der Waals surface area contributed by atoms with Gasteiger partial charge in [0.1, 0.15) is 5.76 Å². The van der Waals surface area contributed by atoms with E-state index in [1.807, 2.05) is 30.3 Å². The van der Waals surface area contributed by atoms with Gasteiger partial charge in [-0.25, -0.2) is 4.79 Å². The van der Waals surface area contributed by atoms with E-state index >= 15 is 0 Å². The summed E-state index contributed by atoms with van der Waals surface area (Å²) in [6.45, 7) is 0. The third-order valence-electron chi connectivity index (χ3n) is 2.11. The highest BCUT2D eigenvalue weighted by Gasteiger charge is 2.09. The number of methoxy groups -OCH3 is 1. The summed E-state index contributed by atoms with van der Waals surface area (Å²) in [5, 5.41) is 0. The van der Waals surface area contributed by atoms with Crippen LogP contribution in [0, 0.1) is 0 Å². The number of hydrogen-bond acceptors (Lipinski definition) is 4. The zero-order valence-electron chi connectivity index (χ0n) is 9.29. The molecule has 0 aliphatic rings. The van der Waals surface area contributed by atoms with Crippen LogP contribution in [0.2, 0.25) is 0 Å². The van der Waals surface area contributed by atoms with Crippen LogP contribution in [0.25, 0.3) is 0 Å². The third kappa shape index (κ3) is 2.81. The van der Waals surface area contributed by atoms with Crippen LogP contribution in [-0.2, 0) is 4.74 Å². The summed E-state index contributed by atoms with van der Waals surface area (Å²) in [5.74, 6) is 0.181. The minimum atomic E-state index is -0.496. The Bertz CT molecular complexity index is 529. The molecule has 0 fully saturated rings. The number of benzene rings is 1. The number of hydrogen-bond donors (Lipinski definition) is 0. The van der Waals surface area contributed by atoms with E-state index in [-0.39, 0.29) is 5.76 Å². The van der Waals surface area contributed by atoms with Crippen molar-refractivity contribution < 1.29 is 13.9 Å². The molecule has 86 valence electrons. The standard InChI is InChI=1S/C13H11NO3/c1-16-13(15)12-8-7-11(17-12)9-14-10-5-3-2-4-6-10/h2-9H,1H3. The van der Waals surface area contributed by atoms with Crippen molar-refractivity contribution >= 4 is 17.9 Å². The van der Waals surface area contributed by atoms with Gasteiger partial charge in [0.05, 0.1) is 19.0 Å². The molecule has 0 aliphatic heterocycles. The lowest BCUT2D eigenvalue weighted by Crippen LogP contribution is -1.98. The van der Waals surface area contributed by atoms with E-state index < -0.39 is 5.97 Å². The van der Waals surface area contributed by atoms with Gasteiger partial charge >= 0.3 is 5.97 Å². The Morgan fingerprint density at radius 3 is 2.71 bits per heavy atom. The second kappa shape index (κ2) is 5.12. The van der Waals surface area contributed by atoms with Gasteiger partial charge in [0.15, 0.2) is 0 Å². The Labute approximate surface area is 98.5 Å². The van der Waals surface area contributed by atoms with E-state index in [4.69, 9.17) is 4.42 Å². The molecule has 4 nitrogen and oxygen atoms in total. The van der Waals surface area contributed by atoms with E-state index in [2.05, 4.69) is 9.73 Å². The van der Waals surface area contributed by atoms with Gasteiger partial charge in [0, 0.05) is 0 Å². The number of carbonyl (C=O) groups is 1. The highest BCUT2D eigenvalue weighted by Crippen LogP contribution is 2.11. The molecular weight excluding hydrogens is 218 g/mol. The number of esters is 1. The summed E-state index contributed by atoms with van der Waals surface area (Å²) in [6, 6.07) is 12.7. The summed E-state index contributed by atoms with van der Waals surface area (Å²) in [5.41, 5.74) is 0.823. The predicted octanol–water partition coefficient (Wildman–Crippen LogP) is 2.82. The third-order valence-corrected chi connectivity index (χ3v) is 2.11. The maximum atomic E-state index is 11.1. The lowest BCUT2D eigenvalue weighted by Gasteiger charge is -1.92. The van der Waals surface area contributed by atoms with Gasteiger partial charge in [0.25, 0.3) is 0 Å². The fourth-order valence-electron chi connectivity index (χ4n) is 1.28. The largest absolute Gasteiger partial charge is 0.463 e. The summed E-state index contributed by atoms with van der Waals surface area (Å²) in [7, 11) is 1.31. The topological polar surface area (TPSA) is 51.8 Å². The van der Waals surface area contributed by atoms with Crippen molar-refractivity contribution in [3.8, 4) is 0 Å². The molecule has 0 aliphatic carbocycles. The molecule has 1 aromatic carbocycles. The van der Waals surface area contributed by atoms with Crippen molar-refractivity contribution in [3.05, 3.63) is 54.0 Å².